The molecule has 6 heteroatoms. The molecule has 0 spiro atoms. The zero-order valence-corrected chi connectivity index (χ0v) is 10.9. The molecule has 0 fully saturated rings. The number of carbonyl (C=O) groups is 1. The van der Waals surface area contributed by atoms with E-state index in [9.17, 15) is 13.6 Å². The van der Waals surface area contributed by atoms with Crippen molar-refractivity contribution < 1.29 is 18.3 Å². The van der Waals surface area contributed by atoms with Crippen LogP contribution in [0.2, 0.25) is 5.02 Å². The molecule has 0 bridgehead atoms. The van der Waals surface area contributed by atoms with Crippen molar-refractivity contribution in [3.8, 4) is 16.9 Å². The third-order valence-corrected chi connectivity index (χ3v) is 2.88. The number of hydrogen-bond donors (Lipinski definition) is 1. The molecule has 2 N–H and O–H groups in total. The number of benzene rings is 2. The summed E-state index contributed by atoms with van der Waals surface area (Å²) in [5.41, 5.74) is 6.15. The van der Waals surface area contributed by atoms with E-state index in [1.54, 1.807) is 18.2 Å². The quantitative estimate of drug-likeness (QED) is 0.935. The van der Waals surface area contributed by atoms with E-state index in [2.05, 4.69) is 4.74 Å². The van der Waals surface area contributed by atoms with E-state index >= 15 is 0 Å². The predicted octanol–water partition coefficient (Wildman–Crippen LogP) is 3.71. The van der Waals surface area contributed by atoms with Crippen molar-refractivity contribution >= 4 is 17.5 Å². The standard InChI is InChI=1S/C14H10ClF2NO2/c15-8-5-6-12(20-14(16)17)11(7-8)9-3-1-2-4-10(9)13(18)19/h1-7,14H,(H2,18,19). The van der Waals surface area contributed by atoms with Crippen molar-refractivity contribution in [3.63, 3.8) is 0 Å². The van der Waals surface area contributed by atoms with Crippen LogP contribution in [0.4, 0.5) is 8.78 Å². The fourth-order valence-corrected chi connectivity index (χ4v) is 2.02. The molecule has 2 rings (SSSR count). The van der Waals surface area contributed by atoms with Gasteiger partial charge in [-0.15, -0.1) is 0 Å². The molecular weight excluding hydrogens is 288 g/mol. The summed E-state index contributed by atoms with van der Waals surface area (Å²) in [6, 6.07) is 10.6. The number of amides is 1. The van der Waals surface area contributed by atoms with Crippen LogP contribution in [0, 0.1) is 0 Å². The summed E-state index contributed by atoms with van der Waals surface area (Å²) in [5, 5.41) is 0.334. The Morgan fingerprint density at radius 2 is 1.85 bits per heavy atom. The molecule has 0 aliphatic rings. The summed E-state index contributed by atoms with van der Waals surface area (Å²) < 4.78 is 29.3. The Labute approximate surface area is 118 Å². The fourth-order valence-electron chi connectivity index (χ4n) is 1.84. The zero-order chi connectivity index (χ0) is 14.7. The highest BCUT2D eigenvalue weighted by molar-refractivity contribution is 6.31. The lowest BCUT2D eigenvalue weighted by Gasteiger charge is -2.13. The van der Waals surface area contributed by atoms with Crippen LogP contribution in [-0.4, -0.2) is 12.5 Å². The topological polar surface area (TPSA) is 52.3 Å². The Kier molecular flexibility index (Phi) is 4.20. The Hall–Kier alpha value is -2.14. The Balaban J connectivity index is 2.62. The summed E-state index contributed by atoms with van der Waals surface area (Å²) in [4.78, 5) is 11.4. The third-order valence-electron chi connectivity index (χ3n) is 2.64. The molecule has 0 aliphatic heterocycles. The van der Waals surface area contributed by atoms with Gasteiger partial charge in [-0.05, 0) is 29.8 Å². The molecule has 1 amide bonds. The van der Waals surface area contributed by atoms with Crippen LogP contribution in [0.25, 0.3) is 11.1 Å². The van der Waals surface area contributed by atoms with Gasteiger partial charge in [-0.3, -0.25) is 4.79 Å². The molecule has 0 radical (unpaired) electrons. The highest BCUT2D eigenvalue weighted by Crippen LogP contribution is 2.35. The number of ether oxygens (including phenoxy) is 1. The molecule has 104 valence electrons. The van der Waals surface area contributed by atoms with Crippen LogP contribution >= 0.6 is 11.6 Å². The largest absolute Gasteiger partial charge is 0.434 e. The molecular formula is C14H10ClF2NO2. The van der Waals surface area contributed by atoms with Crippen molar-refractivity contribution in [2.24, 2.45) is 5.73 Å². The van der Waals surface area contributed by atoms with Gasteiger partial charge in [0.2, 0.25) is 5.91 Å². The van der Waals surface area contributed by atoms with Crippen molar-refractivity contribution in [2.45, 2.75) is 6.61 Å². The first-order chi connectivity index (χ1) is 9.49. The monoisotopic (exact) mass is 297 g/mol. The predicted molar refractivity (Wildman–Crippen MR) is 72.0 cm³/mol. The van der Waals surface area contributed by atoms with Gasteiger partial charge in [0.25, 0.3) is 0 Å². The molecule has 3 nitrogen and oxygen atoms in total. The maximum atomic E-state index is 12.4. The van der Waals surface area contributed by atoms with Gasteiger partial charge in [0.15, 0.2) is 0 Å². The fraction of sp³-hybridized carbons (Fsp3) is 0.0714. The van der Waals surface area contributed by atoms with Crippen LogP contribution in [0.1, 0.15) is 10.4 Å². The van der Waals surface area contributed by atoms with Crippen LogP contribution in [-0.2, 0) is 0 Å². The zero-order valence-electron chi connectivity index (χ0n) is 10.1. The molecule has 0 atom stereocenters. The highest BCUT2D eigenvalue weighted by atomic mass is 35.5. The van der Waals surface area contributed by atoms with E-state index in [0.29, 0.717) is 10.6 Å². The van der Waals surface area contributed by atoms with E-state index in [1.165, 1.54) is 24.3 Å². The third kappa shape index (κ3) is 3.05. The van der Waals surface area contributed by atoms with Gasteiger partial charge in [-0.25, -0.2) is 0 Å². The van der Waals surface area contributed by atoms with Crippen molar-refractivity contribution in [1.82, 2.24) is 0 Å². The minimum absolute atomic E-state index is 0.0712. The average molecular weight is 298 g/mol. The molecule has 0 aromatic heterocycles. The summed E-state index contributed by atoms with van der Waals surface area (Å²) in [6.45, 7) is -2.98. The Morgan fingerprint density at radius 1 is 1.15 bits per heavy atom. The van der Waals surface area contributed by atoms with Crippen molar-refractivity contribution in [2.75, 3.05) is 0 Å². The molecule has 20 heavy (non-hydrogen) atoms. The molecule has 2 aromatic carbocycles. The first-order valence-corrected chi connectivity index (χ1v) is 6.00. The van der Waals surface area contributed by atoms with Gasteiger partial charge in [0.05, 0.1) is 0 Å². The number of hydrogen-bond acceptors (Lipinski definition) is 2. The molecule has 0 saturated heterocycles. The minimum Gasteiger partial charge on any atom is -0.434 e. The number of halogens is 3. The van der Waals surface area contributed by atoms with Gasteiger partial charge < -0.3 is 10.5 Å². The second kappa shape index (κ2) is 5.88. The van der Waals surface area contributed by atoms with E-state index in [-0.39, 0.29) is 16.9 Å². The SMILES string of the molecule is NC(=O)c1ccccc1-c1cc(Cl)ccc1OC(F)F. The second-order valence-electron chi connectivity index (χ2n) is 3.93. The van der Waals surface area contributed by atoms with Gasteiger partial charge in [0, 0.05) is 16.1 Å². The molecule has 0 saturated carbocycles. The number of carbonyl (C=O) groups excluding carboxylic acids is 1. The molecule has 0 heterocycles. The van der Waals surface area contributed by atoms with Crippen LogP contribution in [0.3, 0.4) is 0 Å². The van der Waals surface area contributed by atoms with E-state index < -0.39 is 12.5 Å². The smallest absolute Gasteiger partial charge is 0.387 e. The van der Waals surface area contributed by atoms with Gasteiger partial charge in [-0.1, -0.05) is 29.8 Å². The Bertz CT molecular complexity index is 647. The minimum atomic E-state index is -2.98. The van der Waals surface area contributed by atoms with E-state index in [4.69, 9.17) is 17.3 Å². The first kappa shape index (κ1) is 14.3. The summed E-state index contributed by atoms with van der Waals surface area (Å²) in [6.07, 6.45) is 0. The van der Waals surface area contributed by atoms with Crippen molar-refractivity contribution in [3.05, 3.63) is 53.1 Å². The second-order valence-corrected chi connectivity index (χ2v) is 4.37. The molecule has 0 aliphatic carbocycles. The van der Waals surface area contributed by atoms with Crippen LogP contribution < -0.4 is 10.5 Å². The summed E-state index contributed by atoms with van der Waals surface area (Å²) >= 11 is 5.88. The van der Waals surface area contributed by atoms with E-state index in [1.807, 2.05) is 0 Å². The van der Waals surface area contributed by atoms with Gasteiger partial charge in [-0.2, -0.15) is 8.78 Å². The van der Waals surface area contributed by atoms with Crippen LogP contribution in [0.15, 0.2) is 42.5 Å². The van der Waals surface area contributed by atoms with Gasteiger partial charge in [0.1, 0.15) is 5.75 Å². The lowest BCUT2D eigenvalue weighted by molar-refractivity contribution is -0.0494. The summed E-state index contributed by atoms with van der Waals surface area (Å²) in [5.74, 6) is -0.735. The first-order valence-electron chi connectivity index (χ1n) is 5.62. The maximum Gasteiger partial charge on any atom is 0.387 e. The number of alkyl halides is 2. The molecule has 2 aromatic rings. The van der Waals surface area contributed by atoms with E-state index in [0.717, 1.165) is 0 Å². The lowest BCUT2D eigenvalue weighted by Crippen LogP contribution is -2.12. The number of nitrogens with two attached hydrogens (primary N) is 1. The Morgan fingerprint density at radius 3 is 2.50 bits per heavy atom. The molecule has 0 unspecified atom stereocenters. The lowest BCUT2D eigenvalue weighted by atomic mass is 9.98. The average Bonchev–Trinajstić information content (AvgIpc) is 2.40. The maximum absolute atomic E-state index is 12.4. The van der Waals surface area contributed by atoms with Crippen molar-refractivity contribution in [1.29, 1.82) is 0 Å². The number of primary amides is 1. The van der Waals surface area contributed by atoms with Crippen LogP contribution in [0.5, 0.6) is 5.75 Å². The summed E-state index contributed by atoms with van der Waals surface area (Å²) in [7, 11) is 0. The number of rotatable bonds is 4. The van der Waals surface area contributed by atoms with Gasteiger partial charge >= 0.3 is 6.61 Å². The highest BCUT2D eigenvalue weighted by Gasteiger charge is 2.16. The normalized spacial score (nSPS) is 10.6.